The van der Waals surface area contributed by atoms with Crippen molar-refractivity contribution in [3.05, 3.63) is 83.1 Å². The molecule has 290 valence electrons. The van der Waals surface area contributed by atoms with E-state index in [1.54, 1.807) is 0 Å². The van der Waals surface area contributed by atoms with Crippen molar-refractivity contribution >= 4 is 18.1 Å². The standard InChI is InChI=1S/C36H38O18/c37-13-25-29(46)31(48)34(35(51-25)50-24-12-19-21(42)10-18(40)11-23(19)49-32(24)16-3-5-17(39)6-4-16)54-36-33(30(47)28(45)26(14-38)52-36)53-27(44)8-2-15-1-7-20(41)22(43)9-15/h1-12,25-26,28-43,45-48H,13-14H2/p+1/b8-2+/t25-,26+,28+,29-,30-,31-,32?,33+,34+,35+,36-/m0/s1. The van der Waals surface area contributed by atoms with Crippen molar-refractivity contribution < 1.29 is 89.4 Å². The fourth-order valence-corrected chi connectivity index (χ4v) is 6.14. The quantitative estimate of drug-likeness (QED) is 0.0535. The number of hydrogen-bond acceptors (Lipinski definition) is 17. The average Bonchev–Trinajstić information content (AvgIpc) is 3.14. The third kappa shape index (κ3) is 8.02. The van der Waals surface area contributed by atoms with Gasteiger partial charge in [-0.05, 0) is 48.0 Å². The highest BCUT2D eigenvalue weighted by molar-refractivity contribution is 5.87. The third-order valence-corrected chi connectivity index (χ3v) is 9.01. The average molecular weight is 760 g/mol. The Morgan fingerprint density at radius 1 is 0.722 bits per heavy atom. The van der Waals surface area contributed by atoms with Gasteiger partial charge in [0.15, 0.2) is 35.8 Å². The topological polar surface area (TPSA) is 299 Å². The summed E-state index contributed by atoms with van der Waals surface area (Å²) in [5, 5.41) is 114. The largest absolute Gasteiger partial charge is 0.571 e. The van der Waals surface area contributed by atoms with E-state index >= 15 is 0 Å². The molecule has 0 radical (unpaired) electrons. The zero-order valence-electron chi connectivity index (χ0n) is 28.0. The molecule has 0 spiro atoms. The zero-order chi connectivity index (χ0) is 38.8. The fraction of sp³-hybridized carbons (Fsp3) is 0.361. The van der Waals surface area contributed by atoms with Crippen LogP contribution in [0.15, 0.2) is 66.4 Å². The number of phenols is 5. The normalized spacial score (nSPS) is 30.9. The number of phenolic OH excluding ortho intramolecular Hbond substituents is 5. The van der Waals surface area contributed by atoms with Gasteiger partial charge in [-0.2, -0.15) is 0 Å². The molecule has 2 fully saturated rings. The van der Waals surface area contributed by atoms with Crippen LogP contribution in [0, 0.1) is 0 Å². The molecule has 3 aliphatic rings. The first-order chi connectivity index (χ1) is 25.8. The first-order valence-electron chi connectivity index (χ1n) is 16.5. The number of fused-ring (bicyclic) bond motifs is 1. The number of carbonyl (C=O) groups excluding carboxylic acids is 1. The maximum Gasteiger partial charge on any atom is 0.331 e. The molecule has 11 atom stereocenters. The van der Waals surface area contributed by atoms with Crippen LogP contribution in [0.2, 0.25) is 0 Å². The highest BCUT2D eigenvalue weighted by Crippen LogP contribution is 2.46. The number of ether oxygens (including phenoxy) is 6. The van der Waals surface area contributed by atoms with Gasteiger partial charge in [0.05, 0.1) is 24.8 Å². The molecule has 0 aromatic heterocycles. The number of hydrogen-bond donors (Lipinski definition) is 11. The van der Waals surface area contributed by atoms with E-state index in [0.29, 0.717) is 5.56 Å². The Labute approximate surface area is 305 Å². The molecule has 12 N–H and O–H groups in total. The summed E-state index contributed by atoms with van der Waals surface area (Å²) < 4.78 is 33.7. The lowest BCUT2D eigenvalue weighted by molar-refractivity contribution is -0.364. The predicted molar refractivity (Wildman–Crippen MR) is 180 cm³/mol. The van der Waals surface area contributed by atoms with Crippen LogP contribution >= 0.6 is 0 Å². The molecule has 54 heavy (non-hydrogen) atoms. The summed E-state index contributed by atoms with van der Waals surface area (Å²) in [6.45, 7) is -1.65. The molecule has 0 aliphatic carbocycles. The van der Waals surface area contributed by atoms with Crippen LogP contribution in [0.3, 0.4) is 0 Å². The summed E-state index contributed by atoms with van der Waals surface area (Å²) in [7, 11) is 0. The van der Waals surface area contributed by atoms with Gasteiger partial charge in [-0.25, -0.2) is 4.79 Å². The van der Waals surface area contributed by atoms with E-state index in [0.717, 1.165) is 18.2 Å². The lowest BCUT2D eigenvalue weighted by atomic mass is 9.97. The second kappa shape index (κ2) is 16.1. The van der Waals surface area contributed by atoms with Gasteiger partial charge in [-0.1, -0.05) is 6.07 Å². The minimum Gasteiger partial charge on any atom is -0.571 e. The zero-order valence-corrected chi connectivity index (χ0v) is 28.0. The molecular weight excluding hydrogens is 720 g/mol. The molecule has 3 aromatic carbocycles. The van der Waals surface area contributed by atoms with Crippen LogP contribution in [0.25, 0.3) is 12.2 Å². The molecule has 2 saturated heterocycles. The molecular formula is C36H39O18+. The Hall–Kier alpha value is -5.15. The lowest BCUT2D eigenvalue weighted by Gasteiger charge is -2.46. The number of aromatic hydroxyl groups is 6. The molecule has 18 nitrogen and oxygen atoms in total. The van der Waals surface area contributed by atoms with Crippen molar-refractivity contribution in [1.29, 1.82) is 0 Å². The van der Waals surface area contributed by atoms with Gasteiger partial charge in [0, 0.05) is 18.2 Å². The number of carbonyl (C=O) groups is 1. The van der Waals surface area contributed by atoms with Crippen molar-refractivity contribution in [1.82, 2.24) is 0 Å². The van der Waals surface area contributed by atoms with E-state index in [4.69, 9.17) is 23.7 Å². The number of rotatable bonds is 10. The van der Waals surface area contributed by atoms with Crippen molar-refractivity contribution in [2.24, 2.45) is 0 Å². The van der Waals surface area contributed by atoms with Crippen LogP contribution in [0.5, 0.6) is 34.5 Å². The Morgan fingerprint density at radius 2 is 1.37 bits per heavy atom. The Balaban J connectivity index is 1.32. The minimum absolute atomic E-state index is 0.0466. The first-order valence-corrected chi connectivity index (χ1v) is 16.5. The molecule has 3 aromatic rings. The smallest absolute Gasteiger partial charge is 0.331 e. The van der Waals surface area contributed by atoms with Crippen molar-refractivity contribution in [3.8, 4) is 34.5 Å². The number of benzene rings is 3. The summed E-state index contributed by atoms with van der Waals surface area (Å²) in [5.41, 5.74) is 0.834. The molecule has 3 heterocycles. The van der Waals surface area contributed by atoms with E-state index < -0.39 is 98.2 Å². The van der Waals surface area contributed by atoms with E-state index in [2.05, 4.69) is 4.74 Å². The second-order valence-corrected chi connectivity index (χ2v) is 12.7. The molecule has 18 heteroatoms. The molecule has 3 aliphatic heterocycles. The van der Waals surface area contributed by atoms with Gasteiger partial charge in [0.1, 0.15) is 59.4 Å². The highest BCUT2D eigenvalue weighted by Gasteiger charge is 2.53. The fourth-order valence-electron chi connectivity index (χ4n) is 6.14. The summed E-state index contributed by atoms with van der Waals surface area (Å²) in [4.78, 5) is 12.9. The Morgan fingerprint density at radius 3 is 2.02 bits per heavy atom. The van der Waals surface area contributed by atoms with Gasteiger partial charge in [-0.15, -0.1) is 0 Å². The van der Waals surface area contributed by atoms with Gasteiger partial charge in [0.25, 0.3) is 11.9 Å². The third-order valence-electron chi connectivity index (χ3n) is 9.01. The maximum absolute atomic E-state index is 12.9. The number of aliphatic hydroxyl groups is 7. The minimum atomic E-state index is -1.94. The van der Waals surface area contributed by atoms with Crippen LogP contribution < -0.4 is 0 Å². The monoisotopic (exact) mass is 759 g/mol. The predicted octanol–water partition coefficient (Wildman–Crippen LogP) is -0.543. The molecule has 0 amide bonds. The van der Waals surface area contributed by atoms with E-state index in [9.17, 15) is 61.0 Å². The molecule has 6 rings (SSSR count). The van der Waals surface area contributed by atoms with Gasteiger partial charge in [-0.3, -0.25) is 0 Å². The Bertz CT molecular complexity index is 1860. The van der Waals surface area contributed by atoms with E-state index in [-0.39, 0.29) is 39.9 Å². The van der Waals surface area contributed by atoms with E-state index in [1.807, 2.05) is 0 Å². The number of esters is 1. The number of aliphatic hydroxyl groups excluding tert-OH is 6. The second-order valence-electron chi connectivity index (χ2n) is 12.7. The first kappa shape index (κ1) is 38.6. The van der Waals surface area contributed by atoms with Gasteiger partial charge >= 0.3 is 5.97 Å². The van der Waals surface area contributed by atoms with Crippen molar-refractivity contribution in [2.75, 3.05) is 13.2 Å². The van der Waals surface area contributed by atoms with E-state index in [1.165, 1.54) is 54.6 Å². The summed E-state index contributed by atoms with van der Waals surface area (Å²) in [5.74, 6) is -2.57. The van der Waals surface area contributed by atoms with Gasteiger partial charge < -0.3 is 84.6 Å². The lowest BCUT2D eigenvalue weighted by Crippen LogP contribution is -2.65. The Kier molecular flexibility index (Phi) is 11.5. The van der Waals surface area contributed by atoms with Crippen LogP contribution in [0.1, 0.15) is 22.8 Å². The van der Waals surface area contributed by atoms with Crippen LogP contribution in [-0.4, -0.2) is 142 Å². The molecule has 0 saturated carbocycles. The highest BCUT2D eigenvalue weighted by atomic mass is 16.8. The van der Waals surface area contributed by atoms with Gasteiger partial charge in [0.2, 0.25) is 6.29 Å². The molecule has 0 bridgehead atoms. The van der Waals surface area contributed by atoms with Crippen molar-refractivity contribution in [3.63, 3.8) is 0 Å². The van der Waals surface area contributed by atoms with Crippen molar-refractivity contribution in [2.45, 2.75) is 67.5 Å². The summed E-state index contributed by atoms with van der Waals surface area (Å²) in [6, 6.07) is 11.9. The maximum atomic E-state index is 12.9. The summed E-state index contributed by atoms with van der Waals surface area (Å²) in [6.07, 6.45) is -15.2. The van der Waals surface area contributed by atoms with Crippen LogP contribution in [-0.2, 0) is 28.5 Å². The molecule has 1 unspecified atom stereocenters. The SMILES string of the molecule is O=C(/C=C/c1ccc(O)c(O)c1)O[C@H]1[C@H](O[C@H]2[C@H](OC3=Cc4c(O)cc(O)cc4[OH+]C3c3ccc(O)cc3)O[C@@H](CO)[C@H](O)[C@@H]2O)O[C@H](CO)[C@@H](O)[C@@H]1O. The van der Waals surface area contributed by atoms with Crippen LogP contribution in [0.4, 0.5) is 0 Å². The summed E-state index contributed by atoms with van der Waals surface area (Å²) >= 11 is 0.